The van der Waals surface area contributed by atoms with Gasteiger partial charge in [0.15, 0.2) is 0 Å². The van der Waals surface area contributed by atoms with Gasteiger partial charge in [0, 0.05) is 29.6 Å². The van der Waals surface area contributed by atoms with Crippen LogP contribution in [-0.2, 0) is 11.3 Å². The Bertz CT molecular complexity index is 619. The van der Waals surface area contributed by atoms with Gasteiger partial charge in [-0.1, -0.05) is 6.42 Å². The molecule has 0 bridgehead atoms. The zero-order valence-electron chi connectivity index (χ0n) is 14.3. The van der Waals surface area contributed by atoms with Crippen LogP contribution < -0.4 is 15.2 Å². The first-order valence-electron chi connectivity index (χ1n) is 8.51. The number of aliphatic hydroxyl groups excluding tert-OH is 1. The van der Waals surface area contributed by atoms with E-state index >= 15 is 0 Å². The number of β-amino-alcohol motifs (C(OH)–C–C–N with tert-alkyl or cyclic N) is 1. The lowest BCUT2D eigenvalue weighted by molar-refractivity contribution is -0.139. The van der Waals surface area contributed by atoms with Gasteiger partial charge in [0.05, 0.1) is 20.8 Å². The molecule has 1 heterocycles. The van der Waals surface area contributed by atoms with Crippen LogP contribution in [0.2, 0.25) is 0 Å². The molecule has 1 saturated carbocycles. The Morgan fingerprint density at radius 3 is 2.62 bits per heavy atom. The van der Waals surface area contributed by atoms with Crippen LogP contribution in [-0.4, -0.2) is 42.7 Å². The van der Waals surface area contributed by atoms with Crippen LogP contribution >= 0.6 is 0 Å². The Morgan fingerprint density at radius 1 is 1.25 bits per heavy atom. The number of nitrogens with two attached hydrogens (primary N) is 1. The van der Waals surface area contributed by atoms with Gasteiger partial charge in [0.1, 0.15) is 17.6 Å². The van der Waals surface area contributed by atoms with Crippen LogP contribution in [0, 0.1) is 5.92 Å². The van der Waals surface area contributed by atoms with Crippen LogP contribution in [0.3, 0.4) is 0 Å². The van der Waals surface area contributed by atoms with Crippen LogP contribution in [0.25, 0.3) is 0 Å². The van der Waals surface area contributed by atoms with Crippen LogP contribution in [0.5, 0.6) is 11.5 Å². The topological polar surface area (TPSA) is 85.0 Å². The summed E-state index contributed by atoms with van der Waals surface area (Å²) in [5, 5.41) is 10.6. The number of aliphatic hydroxyl groups is 1. The molecule has 3 unspecified atom stereocenters. The largest absolute Gasteiger partial charge is 0.496 e. The second kappa shape index (κ2) is 6.99. The second-order valence-corrected chi connectivity index (χ2v) is 6.72. The predicted octanol–water partition coefficient (Wildman–Crippen LogP) is 1.60. The standard InChI is InChI=1S/C18H26N2O4/c1-23-15-6-7-16(24-2)17-13(15)9-20(10-14(17)21)18(22)11-4-3-5-12(19)8-11/h6-7,11-12,14,21H,3-5,8-10,19H2,1-2H3. The number of ether oxygens (including phenoxy) is 2. The average Bonchev–Trinajstić information content (AvgIpc) is 2.59. The van der Waals surface area contributed by atoms with E-state index in [0.29, 0.717) is 18.0 Å². The van der Waals surface area contributed by atoms with Crippen molar-refractivity contribution in [1.29, 1.82) is 0 Å². The molecule has 6 heteroatoms. The van der Waals surface area contributed by atoms with Gasteiger partial charge in [0.2, 0.25) is 5.91 Å². The molecule has 1 fully saturated rings. The molecule has 3 atom stereocenters. The molecule has 3 rings (SSSR count). The van der Waals surface area contributed by atoms with E-state index < -0.39 is 6.10 Å². The molecule has 1 aromatic carbocycles. The molecule has 1 aromatic rings. The molecule has 24 heavy (non-hydrogen) atoms. The third-order valence-corrected chi connectivity index (χ3v) is 5.17. The van der Waals surface area contributed by atoms with Crippen molar-refractivity contribution in [2.24, 2.45) is 11.7 Å². The Morgan fingerprint density at radius 2 is 1.96 bits per heavy atom. The molecule has 0 saturated heterocycles. The summed E-state index contributed by atoms with van der Waals surface area (Å²) in [5.41, 5.74) is 7.57. The summed E-state index contributed by atoms with van der Waals surface area (Å²) in [6, 6.07) is 3.71. The predicted molar refractivity (Wildman–Crippen MR) is 89.9 cm³/mol. The third kappa shape index (κ3) is 3.08. The Kier molecular flexibility index (Phi) is 4.96. The lowest BCUT2D eigenvalue weighted by Crippen LogP contribution is -2.44. The van der Waals surface area contributed by atoms with Gasteiger partial charge in [-0.15, -0.1) is 0 Å². The fourth-order valence-electron chi connectivity index (χ4n) is 3.95. The lowest BCUT2D eigenvalue weighted by atomic mass is 9.84. The Labute approximate surface area is 142 Å². The molecule has 6 nitrogen and oxygen atoms in total. The summed E-state index contributed by atoms with van der Waals surface area (Å²) in [5.74, 6) is 1.34. The van der Waals surface area contributed by atoms with E-state index in [1.807, 2.05) is 6.07 Å². The maximum atomic E-state index is 12.9. The van der Waals surface area contributed by atoms with Gasteiger partial charge in [-0.2, -0.15) is 0 Å². The average molecular weight is 334 g/mol. The number of rotatable bonds is 3. The van der Waals surface area contributed by atoms with E-state index in [2.05, 4.69) is 0 Å². The molecule has 2 aliphatic rings. The monoisotopic (exact) mass is 334 g/mol. The highest BCUT2D eigenvalue weighted by atomic mass is 16.5. The van der Waals surface area contributed by atoms with Gasteiger partial charge in [-0.3, -0.25) is 4.79 Å². The number of nitrogens with zero attached hydrogens (tertiary/aromatic N) is 1. The second-order valence-electron chi connectivity index (χ2n) is 6.72. The van der Waals surface area contributed by atoms with E-state index in [4.69, 9.17) is 15.2 Å². The first-order chi connectivity index (χ1) is 11.5. The fourth-order valence-corrected chi connectivity index (χ4v) is 3.95. The lowest BCUT2D eigenvalue weighted by Gasteiger charge is -2.37. The zero-order valence-corrected chi connectivity index (χ0v) is 14.3. The van der Waals surface area contributed by atoms with Crippen molar-refractivity contribution >= 4 is 5.91 Å². The molecular weight excluding hydrogens is 308 g/mol. The van der Waals surface area contributed by atoms with Gasteiger partial charge < -0.3 is 25.2 Å². The number of hydrogen-bond acceptors (Lipinski definition) is 5. The highest BCUT2D eigenvalue weighted by Crippen LogP contribution is 2.40. The fraction of sp³-hybridized carbons (Fsp3) is 0.611. The number of amides is 1. The van der Waals surface area contributed by atoms with E-state index in [0.717, 1.165) is 36.8 Å². The molecule has 1 amide bonds. The van der Waals surface area contributed by atoms with E-state index in [1.165, 1.54) is 0 Å². The zero-order chi connectivity index (χ0) is 17.3. The van der Waals surface area contributed by atoms with E-state index in [9.17, 15) is 9.90 Å². The van der Waals surface area contributed by atoms with Gasteiger partial charge in [-0.05, 0) is 31.4 Å². The minimum atomic E-state index is -0.778. The Balaban J connectivity index is 1.87. The third-order valence-electron chi connectivity index (χ3n) is 5.17. The first kappa shape index (κ1) is 17.0. The summed E-state index contributed by atoms with van der Waals surface area (Å²) >= 11 is 0. The molecule has 1 aliphatic heterocycles. The minimum absolute atomic E-state index is 0.0425. The number of hydrogen-bond donors (Lipinski definition) is 2. The Hall–Kier alpha value is -1.79. The number of carbonyl (C=O) groups is 1. The minimum Gasteiger partial charge on any atom is -0.496 e. The van der Waals surface area contributed by atoms with E-state index in [-0.39, 0.29) is 24.4 Å². The van der Waals surface area contributed by atoms with Crippen molar-refractivity contribution in [1.82, 2.24) is 4.90 Å². The van der Waals surface area contributed by atoms with Crippen molar-refractivity contribution in [2.75, 3.05) is 20.8 Å². The van der Waals surface area contributed by atoms with Crippen molar-refractivity contribution in [2.45, 2.75) is 44.4 Å². The molecular formula is C18H26N2O4. The maximum Gasteiger partial charge on any atom is 0.226 e. The molecule has 3 N–H and O–H groups in total. The van der Waals surface area contributed by atoms with E-state index in [1.54, 1.807) is 25.2 Å². The summed E-state index contributed by atoms with van der Waals surface area (Å²) in [7, 11) is 3.17. The van der Waals surface area contributed by atoms with Gasteiger partial charge in [-0.25, -0.2) is 0 Å². The van der Waals surface area contributed by atoms with Crippen molar-refractivity contribution in [3.63, 3.8) is 0 Å². The van der Waals surface area contributed by atoms with Crippen molar-refractivity contribution in [3.8, 4) is 11.5 Å². The normalized spacial score (nSPS) is 26.7. The van der Waals surface area contributed by atoms with Gasteiger partial charge >= 0.3 is 0 Å². The molecule has 0 aromatic heterocycles. The van der Waals surface area contributed by atoms with Crippen LogP contribution in [0.4, 0.5) is 0 Å². The first-order valence-corrected chi connectivity index (χ1v) is 8.51. The molecule has 0 spiro atoms. The number of carbonyl (C=O) groups excluding carboxylic acids is 1. The van der Waals surface area contributed by atoms with Crippen molar-refractivity contribution in [3.05, 3.63) is 23.3 Å². The highest BCUT2D eigenvalue weighted by Gasteiger charge is 2.35. The SMILES string of the molecule is COc1ccc(OC)c2c1CN(C(=O)C1CCCC(N)C1)CC2O. The summed E-state index contributed by atoms with van der Waals surface area (Å²) < 4.78 is 10.8. The summed E-state index contributed by atoms with van der Waals surface area (Å²) in [6.45, 7) is 0.707. The van der Waals surface area contributed by atoms with Gasteiger partial charge in [0.25, 0.3) is 0 Å². The quantitative estimate of drug-likeness (QED) is 0.877. The summed E-state index contributed by atoms with van der Waals surface area (Å²) in [6.07, 6.45) is 2.80. The van der Waals surface area contributed by atoms with Crippen LogP contribution in [0.1, 0.15) is 42.9 Å². The highest BCUT2D eigenvalue weighted by molar-refractivity contribution is 5.79. The number of fused-ring (bicyclic) bond motifs is 1. The summed E-state index contributed by atoms with van der Waals surface area (Å²) in [4.78, 5) is 14.6. The maximum absolute atomic E-state index is 12.9. The van der Waals surface area contributed by atoms with Crippen molar-refractivity contribution < 1.29 is 19.4 Å². The number of benzene rings is 1. The van der Waals surface area contributed by atoms with Crippen LogP contribution in [0.15, 0.2) is 12.1 Å². The molecule has 1 aliphatic carbocycles. The molecule has 132 valence electrons. The smallest absolute Gasteiger partial charge is 0.226 e. The molecule has 0 radical (unpaired) electrons. The number of methoxy groups -OCH3 is 2.